The summed E-state index contributed by atoms with van der Waals surface area (Å²) in [5.41, 5.74) is 3.95. The molecule has 2 aliphatic rings. The normalized spacial score (nSPS) is 19.8. The highest BCUT2D eigenvalue weighted by Crippen LogP contribution is 2.34. The van der Waals surface area contributed by atoms with Crippen molar-refractivity contribution >= 4 is 17.3 Å². The Balaban J connectivity index is 1.53. The molecule has 2 heterocycles. The standard InChI is InChI=1S/C25H30N4O3/c1-18-3-5-20(6-4-18)23-17-24(21-7-9-22(10-8-21)29(31)32)28(26-23)25(30)13-16-27-14-11-19(2)12-15-27/h3-10,19,24H,11-17H2,1-2H3. The van der Waals surface area contributed by atoms with Crippen LogP contribution in [0.4, 0.5) is 5.69 Å². The van der Waals surface area contributed by atoms with E-state index in [2.05, 4.69) is 11.8 Å². The average molecular weight is 435 g/mol. The minimum Gasteiger partial charge on any atom is -0.303 e. The van der Waals surface area contributed by atoms with Gasteiger partial charge in [-0.15, -0.1) is 0 Å². The Kier molecular flexibility index (Phi) is 6.65. The second-order valence-electron chi connectivity index (χ2n) is 8.99. The molecule has 1 unspecified atom stereocenters. The molecule has 1 atom stereocenters. The highest BCUT2D eigenvalue weighted by Gasteiger charge is 2.33. The Morgan fingerprint density at radius 3 is 2.38 bits per heavy atom. The van der Waals surface area contributed by atoms with Crippen molar-refractivity contribution in [3.05, 3.63) is 75.3 Å². The molecule has 0 saturated carbocycles. The van der Waals surface area contributed by atoms with Gasteiger partial charge in [-0.3, -0.25) is 14.9 Å². The number of nitrogens with zero attached hydrogens (tertiary/aromatic N) is 4. The SMILES string of the molecule is Cc1ccc(C2=NN(C(=O)CCN3CCC(C)CC3)C(c3ccc([N+](=O)[O-])cc3)C2)cc1. The Hall–Kier alpha value is -3.06. The van der Waals surface area contributed by atoms with Crippen LogP contribution < -0.4 is 0 Å². The summed E-state index contributed by atoms with van der Waals surface area (Å²) in [5.74, 6) is 0.753. The van der Waals surface area contributed by atoms with E-state index < -0.39 is 4.92 Å². The first kappa shape index (κ1) is 22.1. The molecule has 7 heteroatoms. The first-order valence-corrected chi connectivity index (χ1v) is 11.3. The fourth-order valence-corrected chi connectivity index (χ4v) is 4.39. The van der Waals surface area contributed by atoms with Crippen molar-refractivity contribution in [2.45, 2.75) is 45.6 Å². The van der Waals surface area contributed by atoms with Crippen LogP contribution in [0.2, 0.25) is 0 Å². The van der Waals surface area contributed by atoms with Crippen molar-refractivity contribution in [1.82, 2.24) is 9.91 Å². The minimum atomic E-state index is -0.408. The monoisotopic (exact) mass is 434 g/mol. The number of hydrogen-bond acceptors (Lipinski definition) is 5. The molecule has 0 bridgehead atoms. The van der Waals surface area contributed by atoms with Gasteiger partial charge in [0.15, 0.2) is 0 Å². The number of hydrogen-bond donors (Lipinski definition) is 0. The highest BCUT2D eigenvalue weighted by molar-refractivity contribution is 6.03. The molecule has 2 aromatic rings. The van der Waals surface area contributed by atoms with Crippen LogP contribution in [-0.2, 0) is 4.79 Å². The zero-order valence-electron chi connectivity index (χ0n) is 18.7. The van der Waals surface area contributed by atoms with E-state index in [4.69, 9.17) is 5.10 Å². The summed E-state index contributed by atoms with van der Waals surface area (Å²) in [5, 5.41) is 17.4. The van der Waals surface area contributed by atoms with Gasteiger partial charge in [-0.05, 0) is 49.9 Å². The van der Waals surface area contributed by atoms with Gasteiger partial charge in [0.05, 0.1) is 16.7 Å². The summed E-state index contributed by atoms with van der Waals surface area (Å²) in [6.07, 6.45) is 3.37. The van der Waals surface area contributed by atoms with Gasteiger partial charge in [0.1, 0.15) is 0 Å². The number of piperidine rings is 1. The lowest BCUT2D eigenvalue weighted by molar-refractivity contribution is -0.384. The Bertz CT molecular complexity index is 993. The van der Waals surface area contributed by atoms with Crippen molar-refractivity contribution in [3.63, 3.8) is 0 Å². The second kappa shape index (κ2) is 9.61. The van der Waals surface area contributed by atoms with E-state index in [1.54, 1.807) is 17.1 Å². The summed E-state index contributed by atoms with van der Waals surface area (Å²) in [4.78, 5) is 26.2. The third kappa shape index (κ3) is 5.05. The Morgan fingerprint density at radius 1 is 1.09 bits per heavy atom. The molecule has 2 aliphatic heterocycles. The molecule has 168 valence electrons. The summed E-state index contributed by atoms with van der Waals surface area (Å²) >= 11 is 0. The Labute approximate surface area is 188 Å². The Morgan fingerprint density at radius 2 is 1.75 bits per heavy atom. The summed E-state index contributed by atoms with van der Waals surface area (Å²) < 4.78 is 0. The quantitative estimate of drug-likeness (QED) is 0.487. The third-order valence-electron chi connectivity index (χ3n) is 6.56. The van der Waals surface area contributed by atoms with Gasteiger partial charge in [-0.2, -0.15) is 5.10 Å². The maximum Gasteiger partial charge on any atom is 0.269 e. The first-order valence-electron chi connectivity index (χ1n) is 11.3. The number of aryl methyl sites for hydroxylation is 1. The maximum absolute atomic E-state index is 13.2. The van der Waals surface area contributed by atoms with E-state index in [0.29, 0.717) is 12.8 Å². The van der Waals surface area contributed by atoms with E-state index in [1.165, 1.54) is 30.5 Å². The number of amides is 1. The van der Waals surface area contributed by atoms with Gasteiger partial charge in [0.25, 0.3) is 5.69 Å². The lowest BCUT2D eigenvalue weighted by Crippen LogP contribution is -2.36. The molecular formula is C25H30N4O3. The molecule has 1 saturated heterocycles. The molecule has 1 amide bonds. The van der Waals surface area contributed by atoms with Crippen molar-refractivity contribution < 1.29 is 9.72 Å². The number of benzene rings is 2. The number of likely N-dealkylation sites (tertiary alicyclic amines) is 1. The number of rotatable bonds is 6. The maximum atomic E-state index is 13.2. The zero-order chi connectivity index (χ0) is 22.7. The number of carbonyl (C=O) groups is 1. The van der Waals surface area contributed by atoms with Crippen LogP contribution in [-0.4, -0.2) is 46.1 Å². The van der Waals surface area contributed by atoms with Crippen LogP contribution >= 0.6 is 0 Å². The van der Waals surface area contributed by atoms with Crippen LogP contribution in [0.1, 0.15) is 55.3 Å². The number of nitro groups is 1. The molecule has 1 fully saturated rings. The molecule has 0 aromatic heterocycles. The van der Waals surface area contributed by atoms with Crippen LogP contribution in [0.3, 0.4) is 0 Å². The van der Waals surface area contributed by atoms with Crippen molar-refractivity contribution in [3.8, 4) is 0 Å². The van der Waals surface area contributed by atoms with Gasteiger partial charge < -0.3 is 4.90 Å². The lowest BCUT2D eigenvalue weighted by Gasteiger charge is -2.30. The molecular weight excluding hydrogens is 404 g/mol. The molecule has 2 aromatic carbocycles. The van der Waals surface area contributed by atoms with Gasteiger partial charge in [0.2, 0.25) is 5.91 Å². The molecule has 4 rings (SSSR count). The highest BCUT2D eigenvalue weighted by atomic mass is 16.6. The number of nitro benzene ring substituents is 1. The van der Waals surface area contributed by atoms with Gasteiger partial charge in [-0.1, -0.05) is 48.9 Å². The van der Waals surface area contributed by atoms with E-state index in [0.717, 1.165) is 42.4 Å². The lowest BCUT2D eigenvalue weighted by atomic mass is 9.97. The van der Waals surface area contributed by atoms with Gasteiger partial charge in [0, 0.05) is 31.5 Å². The van der Waals surface area contributed by atoms with E-state index >= 15 is 0 Å². The largest absolute Gasteiger partial charge is 0.303 e. The fraction of sp³-hybridized carbons (Fsp3) is 0.440. The summed E-state index contributed by atoms with van der Waals surface area (Å²) in [6.45, 7) is 7.14. The van der Waals surface area contributed by atoms with Crippen LogP contribution in [0.5, 0.6) is 0 Å². The summed E-state index contributed by atoms with van der Waals surface area (Å²) in [7, 11) is 0. The zero-order valence-corrected chi connectivity index (χ0v) is 18.7. The number of non-ortho nitro benzene ring substituents is 1. The first-order chi connectivity index (χ1) is 15.4. The number of carbonyl (C=O) groups excluding carboxylic acids is 1. The molecule has 0 radical (unpaired) electrons. The average Bonchev–Trinajstić information content (AvgIpc) is 3.24. The topological polar surface area (TPSA) is 79.0 Å². The van der Waals surface area contributed by atoms with E-state index in [9.17, 15) is 14.9 Å². The van der Waals surface area contributed by atoms with Crippen molar-refractivity contribution in [2.24, 2.45) is 11.0 Å². The predicted molar refractivity (Wildman–Crippen MR) is 124 cm³/mol. The molecule has 0 N–H and O–H groups in total. The predicted octanol–water partition coefficient (Wildman–Crippen LogP) is 4.70. The van der Waals surface area contributed by atoms with Gasteiger partial charge >= 0.3 is 0 Å². The third-order valence-corrected chi connectivity index (χ3v) is 6.56. The van der Waals surface area contributed by atoms with Crippen molar-refractivity contribution in [1.29, 1.82) is 0 Å². The van der Waals surface area contributed by atoms with E-state index in [-0.39, 0.29) is 17.6 Å². The smallest absolute Gasteiger partial charge is 0.269 e. The molecule has 32 heavy (non-hydrogen) atoms. The fourth-order valence-electron chi connectivity index (χ4n) is 4.39. The molecule has 0 aliphatic carbocycles. The summed E-state index contributed by atoms with van der Waals surface area (Å²) in [6, 6.07) is 14.4. The van der Waals surface area contributed by atoms with Crippen molar-refractivity contribution in [2.75, 3.05) is 19.6 Å². The van der Waals surface area contributed by atoms with Crippen LogP contribution in [0.15, 0.2) is 53.6 Å². The molecule has 7 nitrogen and oxygen atoms in total. The van der Waals surface area contributed by atoms with E-state index in [1.807, 2.05) is 31.2 Å². The second-order valence-corrected chi connectivity index (χ2v) is 8.99. The van der Waals surface area contributed by atoms with Gasteiger partial charge in [-0.25, -0.2) is 5.01 Å². The molecule has 0 spiro atoms. The minimum absolute atomic E-state index is 0.00548. The van der Waals surface area contributed by atoms with Crippen LogP contribution in [0.25, 0.3) is 0 Å². The number of hydrazone groups is 1. The van der Waals surface area contributed by atoms with Crippen LogP contribution in [0, 0.1) is 23.0 Å².